The van der Waals surface area contributed by atoms with Crippen molar-refractivity contribution >= 4 is 0 Å². The Labute approximate surface area is 112 Å². The molecule has 0 aromatic heterocycles. The van der Waals surface area contributed by atoms with E-state index in [1.807, 2.05) is 7.05 Å². The molecule has 0 aliphatic rings. The van der Waals surface area contributed by atoms with Gasteiger partial charge in [-0.15, -0.1) is 0 Å². The highest BCUT2D eigenvalue weighted by Crippen LogP contribution is 2.34. The lowest BCUT2D eigenvalue weighted by Crippen LogP contribution is -2.13. The lowest BCUT2D eigenvalue weighted by Gasteiger charge is -2.20. The first-order valence-corrected chi connectivity index (χ1v) is 6.98. The van der Waals surface area contributed by atoms with Crippen molar-refractivity contribution in [3.8, 4) is 5.75 Å². The van der Waals surface area contributed by atoms with Crippen LogP contribution >= 0.6 is 0 Å². The molecular weight excluding hydrogens is 222 g/mol. The van der Waals surface area contributed by atoms with Gasteiger partial charge in [-0.2, -0.15) is 0 Å². The Hall–Kier alpha value is -1.02. The van der Waals surface area contributed by atoms with E-state index in [0.717, 1.165) is 25.3 Å². The highest BCUT2D eigenvalue weighted by atomic mass is 16.5. The molecule has 0 bridgehead atoms. The number of rotatable bonds is 7. The van der Waals surface area contributed by atoms with Crippen molar-refractivity contribution in [3.63, 3.8) is 0 Å². The Kier molecular flexibility index (Phi) is 6.20. The average molecular weight is 249 g/mol. The minimum Gasteiger partial charge on any atom is -0.493 e. The second-order valence-corrected chi connectivity index (χ2v) is 5.38. The number of hydrogen-bond acceptors (Lipinski definition) is 2. The molecule has 0 aliphatic heterocycles. The summed E-state index contributed by atoms with van der Waals surface area (Å²) in [6.07, 6.45) is 1.04. The van der Waals surface area contributed by atoms with Crippen molar-refractivity contribution in [3.05, 3.63) is 29.3 Å². The van der Waals surface area contributed by atoms with Gasteiger partial charge >= 0.3 is 0 Å². The third-order valence-corrected chi connectivity index (χ3v) is 3.14. The molecule has 0 aliphatic carbocycles. The summed E-state index contributed by atoms with van der Waals surface area (Å²) in [6, 6.07) is 6.51. The van der Waals surface area contributed by atoms with E-state index in [9.17, 15) is 0 Å². The molecule has 0 fully saturated rings. The van der Waals surface area contributed by atoms with E-state index in [-0.39, 0.29) is 0 Å². The molecule has 2 heteroatoms. The van der Waals surface area contributed by atoms with Gasteiger partial charge in [0.2, 0.25) is 0 Å². The smallest absolute Gasteiger partial charge is 0.126 e. The maximum Gasteiger partial charge on any atom is 0.126 e. The van der Waals surface area contributed by atoms with E-state index in [1.54, 1.807) is 0 Å². The third-order valence-electron chi connectivity index (χ3n) is 3.14. The van der Waals surface area contributed by atoms with Gasteiger partial charge in [-0.25, -0.2) is 0 Å². The maximum absolute atomic E-state index is 6.05. The Morgan fingerprint density at radius 2 is 1.61 bits per heavy atom. The van der Waals surface area contributed by atoms with Crippen molar-refractivity contribution in [1.82, 2.24) is 5.32 Å². The molecule has 1 aromatic rings. The van der Waals surface area contributed by atoms with Crippen molar-refractivity contribution in [2.75, 3.05) is 20.2 Å². The van der Waals surface area contributed by atoms with E-state index >= 15 is 0 Å². The fourth-order valence-electron chi connectivity index (χ4n) is 2.07. The van der Waals surface area contributed by atoms with Crippen LogP contribution in [0.25, 0.3) is 0 Å². The normalized spacial score (nSPS) is 11.3. The molecule has 0 spiro atoms. The van der Waals surface area contributed by atoms with E-state index in [2.05, 4.69) is 51.2 Å². The van der Waals surface area contributed by atoms with Gasteiger partial charge in [-0.1, -0.05) is 45.9 Å². The van der Waals surface area contributed by atoms with Crippen LogP contribution in [0.5, 0.6) is 5.75 Å². The highest BCUT2D eigenvalue weighted by Gasteiger charge is 2.14. The topological polar surface area (TPSA) is 21.3 Å². The molecule has 18 heavy (non-hydrogen) atoms. The van der Waals surface area contributed by atoms with Crippen LogP contribution in [0.2, 0.25) is 0 Å². The second kappa shape index (κ2) is 7.42. The summed E-state index contributed by atoms with van der Waals surface area (Å²) in [5.74, 6) is 2.12. The number of ether oxygens (including phenoxy) is 1. The Bertz CT molecular complexity index is 332. The molecule has 0 saturated carbocycles. The van der Waals surface area contributed by atoms with Crippen LogP contribution in [0, 0.1) is 0 Å². The number of para-hydroxylation sites is 1. The minimum atomic E-state index is 0.503. The molecule has 1 aromatic carbocycles. The average Bonchev–Trinajstić information content (AvgIpc) is 2.34. The van der Waals surface area contributed by atoms with Gasteiger partial charge < -0.3 is 10.1 Å². The van der Waals surface area contributed by atoms with Gasteiger partial charge in [-0.05, 0) is 43.0 Å². The molecule has 2 nitrogen and oxygen atoms in total. The summed E-state index contributed by atoms with van der Waals surface area (Å²) in [5.41, 5.74) is 2.65. The van der Waals surface area contributed by atoms with E-state index in [4.69, 9.17) is 4.74 Å². The monoisotopic (exact) mass is 249 g/mol. The molecule has 1 rings (SSSR count). The van der Waals surface area contributed by atoms with Crippen LogP contribution in [-0.2, 0) is 0 Å². The van der Waals surface area contributed by atoms with Gasteiger partial charge in [0.25, 0.3) is 0 Å². The zero-order valence-electron chi connectivity index (χ0n) is 12.4. The summed E-state index contributed by atoms with van der Waals surface area (Å²) in [7, 11) is 1.97. The summed E-state index contributed by atoms with van der Waals surface area (Å²) in [5, 5.41) is 3.15. The number of hydrogen-bond donors (Lipinski definition) is 1. The number of nitrogens with one attached hydrogen (secondary N) is 1. The lowest BCUT2D eigenvalue weighted by molar-refractivity contribution is 0.301. The summed E-state index contributed by atoms with van der Waals surface area (Å²) in [4.78, 5) is 0. The highest BCUT2D eigenvalue weighted by molar-refractivity contribution is 5.44. The van der Waals surface area contributed by atoms with Crippen molar-refractivity contribution in [1.29, 1.82) is 0 Å². The molecule has 0 atom stereocenters. The molecule has 0 heterocycles. The fraction of sp³-hybridized carbons (Fsp3) is 0.625. The van der Waals surface area contributed by atoms with Crippen LogP contribution < -0.4 is 10.1 Å². The van der Waals surface area contributed by atoms with Crippen LogP contribution in [-0.4, -0.2) is 20.2 Å². The lowest BCUT2D eigenvalue weighted by atomic mass is 9.94. The first kappa shape index (κ1) is 15.0. The fourth-order valence-corrected chi connectivity index (χ4v) is 2.07. The molecule has 0 amide bonds. The van der Waals surface area contributed by atoms with Crippen LogP contribution in [0.15, 0.2) is 18.2 Å². The molecule has 0 radical (unpaired) electrons. The molecule has 102 valence electrons. The van der Waals surface area contributed by atoms with Crippen LogP contribution in [0.1, 0.15) is 57.1 Å². The van der Waals surface area contributed by atoms with Gasteiger partial charge in [0, 0.05) is 0 Å². The van der Waals surface area contributed by atoms with Gasteiger partial charge in [0.1, 0.15) is 5.75 Å². The van der Waals surface area contributed by atoms with Gasteiger partial charge in [0.15, 0.2) is 0 Å². The predicted molar refractivity (Wildman–Crippen MR) is 78.7 cm³/mol. The Morgan fingerprint density at radius 3 is 2.06 bits per heavy atom. The van der Waals surface area contributed by atoms with Crippen molar-refractivity contribution in [2.45, 2.75) is 46.0 Å². The first-order chi connectivity index (χ1) is 8.57. The van der Waals surface area contributed by atoms with Crippen LogP contribution in [0.3, 0.4) is 0 Å². The van der Waals surface area contributed by atoms with Crippen LogP contribution in [0.4, 0.5) is 0 Å². The largest absolute Gasteiger partial charge is 0.493 e. The first-order valence-electron chi connectivity index (χ1n) is 6.98. The summed E-state index contributed by atoms with van der Waals surface area (Å²) < 4.78 is 6.05. The van der Waals surface area contributed by atoms with E-state index in [1.165, 1.54) is 11.1 Å². The Balaban J connectivity index is 2.89. The molecule has 0 unspecified atom stereocenters. The second-order valence-electron chi connectivity index (χ2n) is 5.38. The van der Waals surface area contributed by atoms with Gasteiger partial charge in [0.05, 0.1) is 6.61 Å². The van der Waals surface area contributed by atoms with Crippen molar-refractivity contribution in [2.24, 2.45) is 0 Å². The maximum atomic E-state index is 6.05. The van der Waals surface area contributed by atoms with E-state index in [0.29, 0.717) is 11.8 Å². The third kappa shape index (κ3) is 4.02. The Morgan fingerprint density at radius 1 is 1.06 bits per heavy atom. The summed E-state index contributed by atoms with van der Waals surface area (Å²) in [6.45, 7) is 10.7. The zero-order chi connectivity index (χ0) is 13.5. The van der Waals surface area contributed by atoms with Gasteiger partial charge in [-0.3, -0.25) is 0 Å². The minimum absolute atomic E-state index is 0.503. The molecule has 1 N–H and O–H groups in total. The van der Waals surface area contributed by atoms with Crippen molar-refractivity contribution < 1.29 is 4.74 Å². The zero-order valence-corrected chi connectivity index (χ0v) is 12.4. The predicted octanol–water partition coefficient (Wildman–Crippen LogP) is 3.92. The SMILES string of the molecule is CNCCCOc1c(C(C)C)cccc1C(C)C. The quantitative estimate of drug-likeness (QED) is 0.739. The standard InChI is InChI=1S/C16H27NO/c1-12(2)14-8-6-9-15(13(3)4)16(14)18-11-7-10-17-5/h6,8-9,12-13,17H,7,10-11H2,1-5H3. The number of benzene rings is 1. The summed E-state index contributed by atoms with van der Waals surface area (Å²) >= 11 is 0. The van der Waals surface area contributed by atoms with E-state index < -0.39 is 0 Å². The molecule has 0 saturated heterocycles. The molecular formula is C16H27NO.